The van der Waals surface area contributed by atoms with Crippen LogP contribution >= 0.6 is 0 Å². The molecular weight excluding hydrogens is 342 g/mol. The number of nitrogens with one attached hydrogen (secondary N) is 3. The van der Waals surface area contributed by atoms with Gasteiger partial charge in [-0.2, -0.15) is 0 Å². The fourth-order valence-electron chi connectivity index (χ4n) is 3.24. The molecule has 0 fully saturated rings. The summed E-state index contributed by atoms with van der Waals surface area (Å²) in [5.41, 5.74) is 4.52. The zero-order valence-electron chi connectivity index (χ0n) is 15.8. The molecule has 27 heavy (non-hydrogen) atoms. The first-order valence-electron chi connectivity index (χ1n) is 8.70. The van der Waals surface area contributed by atoms with Crippen LogP contribution in [0, 0.1) is 13.8 Å². The first-order valence-corrected chi connectivity index (χ1v) is 8.70. The number of allylic oxidation sites excluding steroid dienone is 1. The van der Waals surface area contributed by atoms with Crippen molar-refractivity contribution in [3.05, 3.63) is 70.4 Å². The molecule has 6 heteroatoms. The van der Waals surface area contributed by atoms with Crippen molar-refractivity contribution >= 4 is 17.6 Å². The highest BCUT2D eigenvalue weighted by molar-refractivity contribution is 6.07. The van der Waals surface area contributed by atoms with Crippen molar-refractivity contribution in [3.63, 3.8) is 0 Å². The summed E-state index contributed by atoms with van der Waals surface area (Å²) in [6, 6.07) is 12.3. The van der Waals surface area contributed by atoms with Gasteiger partial charge in [-0.25, -0.2) is 4.79 Å². The van der Waals surface area contributed by atoms with Gasteiger partial charge in [0, 0.05) is 5.70 Å². The van der Waals surface area contributed by atoms with Crippen LogP contribution in [-0.4, -0.2) is 19.0 Å². The minimum Gasteiger partial charge on any atom is -0.495 e. The van der Waals surface area contributed by atoms with Gasteiger partial charge < -0.3 is 20.7 Å². The minimum atomic E-state index is -0.534. The van der Waals surface area contributed by atoms with Crippen LogP contribution in [0.4, 0.5) is 10.5 Å². The summed E-state index contributed by atoms with van der Waals surface area (Å²) in [5, 5.41) is 8.47. The van der Waals surface area contributed by atoms with Crippen molar-refractivity contribution in [1.82, 2.24) is 10.6 Å². The number of hydrogen-bond acceptors (Lipinski definition) is 3. The second kappa shape index (κ2) is 7.53. The van der Waals surface area contributed by atoms with E-state index in [1.807, 2.05) is 44.2 Å². The average Bonchev–Trinajstić information content (AvgIpc) is 2.63. The van der Waals surface area contributed by atoms with E-state index >= 15 is 0 Å². The lowest BCUT2D eigenvalue weighted by molar-refractivity contribution is -0.113. The van der Waals surface area contributed by atoms with Crippen LogP contribution in [0.25, 0.3) is 0 Å². The molecular formula is C21H23N3O3. The molecule has 1 aliphatic heterocycles. The Hall–Kier alpha value is -3.28. The number of carbonyl (C=O) groups is 2. The zero-order valence-corrected chi connectivity index (χ0v) is 15.8. The summed E-state index contributed by atoms with van der Waals surface area (Å²) in [4.78, 5) is 25.2. The fraction of sp³-hybridized carbons (Fsp3) is 0.238. The Morgan fingerprint density at radius 2 is 1.85 bits per heavy atom. The highest BCUT2D eigenvalue weighted by Gasteiger charge is 2.32. The number of aryl methyl sites for hydroxylation is 2. The highest BCUT2D eigenvalue weighted by atomic mass is 16.5. The Bertz CT molecular complexity index is 934. The maximum atomic E-state index is 13.1. The van der Waals surface area contributed by atoms with Gasteiger partial charge >= 0.3 is 6.03 Å². The summed E-state index contributed by atoms with van der Waals surface area (Å²) in [5.74, 6) is 0.274. The molecule has 3 amide bonds. The van der Waals surface area contributed by atoms with Crippen molar-refractivity contribution < 1.29 is 14.3 Å². The Morgan fingerprint density at radius 1 is 1.11 bits per heavy atom. The Morgan fingerprint density at radius 3 is 2.59 bits per heavy atom. The molecule has 1 atom stereocenters. The van der Waals surface area contributed by atoms with Crippen molar-refractivity contribution in [3.8, 4) is 5.75 Å². The lowest BCUT2D eigenvalue weighted by atomic mass is 9.90. The smallest absolute Gasteiger partial charge is 0.319 e. The van der Waals surface area contributed by atoms with Gasteiger partial charge in [-0.1, -0.05) is 35.9 Å². The van der Waals surface area contributed by atoms with E-state index in [0.29, 0.717) is 22.7 Å². The summed E-state index contributed by atoms with van der Waals surface area (Å²) >= 11 is 0. The molecule has 1 aliphatic rings. The van der Waals surface area contributed by atoms with E-state index in [2.05, 4.69) is 16.0 Å². The number of para-hydroxylation sites is 2. The molecule has 0 saturated heterocycles. The molecule has 0 spiro atoms. The normalized spacial score (nSPS) is 16.4. The van der Waals surface area contributed by atoms with E-state index in [9.17, 15) is 9.59 Å². The first-order chi connectivity index (χ1) is 12.9. The van der Waals surface area contributed by atoms with E-state index in [4.69, 9.17) is 4.74 Å². The molecule has 0 aliphatic carbocycles. The summed E-state index contributed by atoms with van der Waals surface area (Å²) < 4.78 is 5.31. The number of amides is 3. The van der Waals surface area contributed by atoms with Crippen LogP contribution in [0.2, 0.25) is 0 Å². The van der Waals surface area contributed by atoms with E-state index in [0.717, 1.165) is 16.7 Å². The van der Waals surface area contributed by atoms with Crippen molar-refractivity contribution in [1.29, 1.82) is 0 Å². The highest BCUT2D eigenvalue weighted by Crippen LogP contribution is 2.31. The summed E-state index contributed by atoms with van der Waals surface area (Å²) in [6.07, 6.45) is 0. The van der Waals surface area contributed by atoms with Gasteiger partial charge in [0.25, 0.3) is 5.91 Å². The molecule has 3 N–H and O–H groups in total. The topological polar surface area (TPSA) is 79.5 Å². The second-order valence-electron chi connectivity index (χ2n) is 6.58. The predicted octanol–water partition coefficient (Wildman–Crippen LogP) is 3.58. The third kappa shape index (κ3) is 3.79. The third-order valence-electron chi connectivity index (χ3n) is 4.61. The summed E-state index contributed by atoms with van der Waals surface area (Å²) in [7, 11) is 1.55. The molecule has 0 radical (unpaired) electrons. The molecule has 3 rings (SSSR count). The van der Waals surface area contributed by atoms with E-state index in [1.165, 1.54) is 0 Å². The number of benzene rings is 2. The van der Waals surface area contributed by atoms with Crippen LogP contribution in [0.15, 0.2) is 53.7 Å². The number of anilines is 1. The van der Waals surface area contributed by atoms with Gasteiger partial charge in [0.05, 0.1) is 24.4 Å². The van der Waals surface area contributed by atoms with Crippen molar-refractivity contribution in [2.24, 2.45) is 0 Å². The quantitative estimate of drug-likeness (QED) is 0.775. The van der Waals surface area contributed by atoms with Gasteiger partial charge in [-0.3, -0.25) is 4.79 Å². The number of hydrogen-bond donors (Lipinski definition) is 3. The first kappa shape index (κ1) is 18.5. The van der Waals surface area contributed by atoms with Crippen LogP contribution in [0.1, 0.15) is 29.7 Å². The number of methoxy groups -OCH3 is 1. The van der Waals surface area contributed by atoms with Crippen molar-refractivity contribution in [2.75, 3.05) is 12.4 Å². The number of ether oxygens (including phenoxy) is 1. The average molecular weight is 365 g/mol. The Balaban J connectivity index is 2.01. The molecule has 0 saturated carbocycles. The second-order valence-corrected chi connectivity index (χ2v) is 6.58. The largest absolute Gasteiger partial charge is 0.495 e. The lowest BCUT2D eigenvalue weighted by Gasteiger charge is -2.30. The number of urea groups is 1. The molecule has 6 nitrogen and oxygen atoms in total. The number of rotatable bonds is 4. The van der Waals surface area contributed by atoms with E-state index in [1.54, 1.807) is 26.2 Å². The standard InChI is InChI=1S/C21H23N3O3/c1-12-9-10-13(2)15(11-12)19-18(14(3)22-21(26)24-19)20(25)23-16-7-5-6-8-17(16)27-4/h5-11,19H,1-4H3,(H,23,25)(H2,22,24,26)/t19-/m1/s1. The minimum absolute atomic E-state index is 0.296. The SMILES string of the molecule is COc1ccccc1NC(=O)C1=C(C)NC(=O)N[C@@H]1c1cc(C)ccc1C. The van der Waals surface area contributed by atoms with E-state index in [-0.39, 0.29) is 11.9 Å². The van der Waals surface area contributed by atoms with Gasteiger partial charge in [-0.05, 0) is 44.0 Å². The van der Waals surface area contributed by atoms with Crippen LogP contribution in [0.3, 0.4) is 0 Å². The molecule has 2 aromatic carbocycles. The molecule has 0 bridgehead atoms. The lowest BCUT2D eigenvalue weighted by Crippen LogP contribution is -2.46. The monoisotopic (exact) mass is 365 g/mol. The van der Waals surface area contributed by atoms with Crippen molar-refractivity contribution in [2.45, 2.75) is 26.8 Å². The molecule has 0 unspecified atom stereocenters. The summed E-state index contributed by atoms with van der Waals surface area (Å²) in [6.45, 7) is 5.68. The maximum absolute atomic E-state index is 13.1. The van der Waals surface area contributed by atoms with Gasteiger partial charge in [0.1, 0.15) is 5.75 Å². The fourth-order valence-corrected chi connectivity index (χ4v) is 3.24. The van der Waals surface area contributed by atoms with Gasteiger partial charge in [-0.15, -0.1) is 0 Å². The molecule has 2 aromatic rings. The van der Waals surface area contributed by atoms with Crippen LogP contribution in [0.5, 0.6) is 5.75 Å². The molecule has 140 valence electrons. The van der Waals surface area contributed by atoms with Crippen LogP contribution in [-0.2, 0) is 4.79 Å². The predicted molar refractivity (Wildman–Crippen MR) is 105 cm³/mol. The van der Waals surface area contributed by atoms with E-state index < -0.39 is 6.04 Å². The molecule has 0 aromatic heterocycles. The number of carbonyl (C=O) groups excluding carboxylic acids is 2. The Kier molecular flexibility index (Phi) is 5.16. The van der Waals surface area contributed by atoms with Gasteiger partial charge in [0.15, 0.2) is 0 Å². The van der Waals surface area contributed by atoms with Crippen LogP contribution < -0.4 is 20.7 Å². The zero-order chi connectivity index (χ0) is 19.6. The third-order valence-corrected chi connectivity index (χ3v) is 4.61. The Labute approximate surface area is 158 Å². The van der Waals surface area contributed by atoms with Gasteiger partial charge in [0.2, 0.25) is 0 Å². The molecule has 1 heterocycles. The maximum Gasteiger partial charge on any atom is 0.319 e.